The monoisotopic (exact) mass is 284 g/mol. The minimum absolute atomic E-state index is 0.318. The lowest BCUT2D eigenvalue weighted by Crippen LogP contribution is -2.17. The van der Waals surface area contributed by atoms with Crippen molar-refractivity contribution in [3.05, 3.63) is 65.2 Å². The summed E-state index contributed by atoms with van der Waals surface area (Å²) in [5, 5.41) is 12.9. The highest BCUT2D eigenvalue weighted by Crippen LogP contribution is 2.11. The predicted molar refractivity (Wildman–Crippen MR) is 87.1 cm³/mol. The third kappa shape index (κ3) is 5.21. The third-order valence-corrected chi connectivity index (χ3v) is 3.55. The number of nitrogens with one attached hydrogen (secondary N) is 1. The Kier molecular flexibility index (Phi) is 5.78. The van der Waals surface area contributed by atoms with E-state index in [0.29, 0.717) is 5.75 Å². The minimum Gasteiger partial charge on any atom is -0.508 e. The van der Waals surface area contributed by atoms with Crippen LogP contribution >= 0.6 is 0 Å². The summed E-state index contributed by atoms with van der Waals surface area (Å²) in [5.74, 6) is 0.318. The smallest absolute Gasteiger partial charge is 0.115 e. The van der Waals surface area contributed by atoms with Crippen molar-refractivity contribution in [2.24, 2.45) is 0 Å². The molecule has 2 aromatic carbocycles. The average molecular weight is 284 g/mol. The molecular weight excluding hydrogens is 260 g/mol. The quantitative estimate of drug-likeness (QED) is 0.820. The third-order valence-electron chi connectivity index (χ3n) is 3.55. The fourth-order valence-corrected chi connectivity index (χ4v) is 2.28. The van der Waals surface area contributed by atoms with E-state index in [1.165, 1.54) is 11.1 Å². The van der Waals surface area contributed by atoms with Gasteiger partial charge in [-0.3, -0.25) is 0 Å². The molecule has 0 aliphatic heterocycles. The molecule has 2 aromatic rings. The normalized spacial score (nSPS) is 11.0. The second kappa shape index (κ2) is 7.81. The molecule has 0 atom stereocenters. The highest BCUT2D eigenvalue weighted by atomic mass is 16.3. The van der Waals surface area contributed by atoms with E-state index >= 15 is 0 Å². The number of phenolic OH excluding ortho intramolecular Hbond substituents is 1. The first-order valence-electron chi connectivity index (χ1n) is 7.42. The van der Waals surface area contributed by atoms with Gasteiger partial charge in [0, 0.05) is 19.6 Å². The summed E-state index contributed by atoms with van der Waals surface area (Å²) in [7, 11) is 2.13. The van der Waals surface area contributed by atoms with Crippen molar-refractivity contribution >= 4 is 0 Å². The second-order valence-corrected chi connectivity index (χ2v) is 5.42. The Bertz CT molecular complexity index is 569. The highest BCUT2D eigenvalue weighted by Gasteiger charge is 2.00. The minimum atomic E-state index is 0.318. The number of hydrogen-bond acceptors (Lipinski definition) is 3. The summed E-state index contributed by atoms with van der Waals surface area (Å²) >= 11 is 0. The topological polar surface area (TPSA) is 35.5 Å². The Morgan fingerprint density at radius 1 is 0.952 bits per heavy atom. The largest absolute Gasteiger partial charge is 0.508 e. The van der Waals surface area contributed by atoms with Gasteiger partial charge in [-0.1, -0.05) is 43.3 Å². The maximum absolute atomic E-state index is 9.44. The van der Waals surface area contributed by atoms with Gasteiger partial charge in [-0.2, -0.15) is 0 Å². The van der Waals surface area contributed by atoms with E-state index in [0.717, 1.165) is 31.7 Å². The van der Waals surface area contributed by atoms with Crippen LogP contribution in [0.5, 0.6) is 5.75 Å². The second-order valence-electron chi connectivity index (χ2n) is 5.42. The van der Waals surface area contributed by atoms with Crippen LogP contribution in [-0.4, -0.2) is 23.6 Å². The zero-order chi connectivity index (χ0) is 15.1. The molecule has 112 valence electrons. The molecule has 0 bridgehead atoms. The van der Waals surface area contributed by atoms with E-state index in [1.54, 1.807) is 12.1 Å². The Hall–Kier alpha value is -1.84. The molecule has 0 saturated carbocycles. The van der Waals surface area contributed by atoms with Crippen LogP contribution in [0.1, 0.15) is 23.6 Å². The van der Waals surface area contributed by atoms with E-state index < -0.39 is 0 Å². The SMILES string of the molecule is CCN(C)Cc1cccc(CNCc2cccc(O)c2)c1. The molecule has 0 aromatic heterocycles. The molecular formula is C18H24N2O. The van der Waals surface area contributed by atoms with Gasteiger partial charge >= 0.3 is 0 Å². The lowest BCUT2D eigenvalue weighted by molar-refractivity contribution is 0.345. The molecule has 0 aliphatic rings. The average Bonchev–Trinajstić information content (AvgIpc) is 2.47. The van der Waals surface area contributed by atoms with E-state index in [4.69, 9.17) is 0 Å². The molecule has 0 fully saturated rings. The van der Waals surface area contributed by atoms with Crippen LogP contribution in [0.25, 0.3) is 0 Å². The van der Waals surface area contributed by atoms with Crippen molar-refractivity contribution in [2.75, 3.05) is 13.6 Å². The molecule has 0 spiro atoms. The number of rotatable bonds is 7. The van der Waals surface area contributed by atoms with Gasteiger partial charge in [0.1, 0.15) is 5.75 Å². The lowest BCUT2D eigenvalue weighted by atomic mass is 10.1. The van der Waals surface area contributed by atoms with Crippen molar-refractivity contribution in [2.45, 2.75) is 26.6 Å². The fourth-order valence-electron chi connectivity index (χ4n) is 2.28. The number of hydrogen-bond donors (Lipinski definition) is 2. The van der Waals surface area contributed by atoms with Crippen molar-refractivity contribution in [1.29, 1.82) is 0 Å². The summed E-state index contributed by atoms with van der Waals surface area (Å²) in [6.45, 7) is 5.80. The van der Waals surface area contributed by atoms with Gasteiger partial charge in [0.15, 0.2) is 0 Å². The van der Waals surface area contributed by atoms with Crippen LogP contribution in [-0.2, 0) is 19.6 Å². The molecule has 0 heterocycles. The summed E-state index contributed by atoms with van der Waals surface area (Å²) in [5.41, 5.74) is 3.73. The molecule has 2 rings (SSSR count). The summed E-state index contributed by atoms with van der Waals surface area (Å²) < 4.78 is 0. The first kappa shape index (κ1) is 15.5. The van der Waals surface area contributed by atoms with Crippen molar-refractivity contribution < 1.29 is 5.11 Å². The van der Waals surface area contributed by atoms with Gasteiger partial charge in [0.05, 0.1) is 0 Å². The molecule has 0 amide bonds. The van der Waals surface area contributed by atoms with E-state index in [-0.39, 0.29) is 0 Å². The van der Waals surface area contributed by atoms with Gasteiger partial charge in [0.25, 0.3) is 0 Å². The van der Waals surface area contributed by atoms with Gasteiger partial charge in [0.2, 0.25) is 0 Å². The van der Waals surface area contributed by atoms with Gasteiger partial charge in [-0.05, 0) is 42.4 Å². The molecule has 21 heavy (non-hydrogen) atoms. The summed E-state index contributed by atoms with van der Waals surface area (Å²) in [6, 6.07) is 16.0. The lowest BCUT2D eigenvalue weighted by Gasteiger charge is -2.14. The Balaban J connectivity index is 1.87. The summed E-state index contributed by atoms with van der Waals surface area (Å²) in [6.07, 6.45) is 0. The Morgan fingerprint density at radius 2 is 1.57 bits per heavy atom. The first-order valence-corrected chi connectivity index (χ1v) is 7.42. The van der Waals surface area contributed by atoms with Crippen molar-refractivity contribution in [1.82, 2.24) is 10.2 Å². The predicted octanol–water partition coefficient (Wildman–Crippen LogP) is 3.13. The van der Waals surface area contributed by atoms with E-state index in [2.05, 4.69) is 48.5 Å². The maximum Gasteiger partial charge on any atom is 0.115 e. The van der Waals surface area contributed by atoms with Crippen LogP contribution in [0.15, 0.2) is 48.5 Å². The molecule has 0 aliphatic carbocycles. The van der Waals surface area contributed by atoms with Crippen molar-refractivity contribution in [3.8, 4) is 5.75 Å². The molecule has 0 saturated heterocycles. The zero-order valence-corrected chi connectivity index (χ0v) is 12.8. The van der Waals surface area contributed by atoms with Crippen LogP contribution in [0, 0.1) is 0 Å². The molecule has 0 radical (unpaired) electrons. The first-order chi connectivity index (χ1) is 10.2. The Labute approximate surface area is 127 Å². The number of nitrogens with zero attached hydrogens (tertiary/aromatic N) is 1. The fraction of sp³-hybridized carbons (Fsp3) is 0.333. The molecule has 2 N–H and O–H groups in total. The Morgan fingerprint density at radius 3 is 2.24 bits per heavy atom. The zero-order valence-electron chi connectivity index (χ0n) is 12.8. The van der Waals surface area contributed by atoms with E-state index in [9.17, 15) is 5.11 Å². The number of phenols is 1. The number of benzene rings is 2. The highest BCUT2D eigenvalue weighted by molar-refractivity contribution is 5.27. The standard InChI is InChI=1S/C18H24N2O/c1-3-20(2)14-17-8-4-6-15(10-17)12-19-13-16-7-5-9-18(21)11-16/h4-11,19,21H,3,12-14H2,1-2H3. The summed E-state index contributed by atoms with van der Waals surface area (Å²) in [4.78, 5) is 2.29. The molecule has 3 nitrogen and oxygen atoms in total. The van der Waals surface area contributed by atoms with Crippen LogP contribution < -0.4 is 5.32 Å². The van der Waals surface area contributed by atoms with Gasteiger partial charge < -0.3 is 15.3 Å². The molecule has 0 unspecified atom stereocenters. The van der Waals surface area contributed by atoms with E-state index in [1.807, 2.05) is 12.1 Å². The van der Waals surface area contributed by atoms with Crippen LogP contribution in [0.3, 0.4) is 0 Å². The van der Waals surface area contributed by atoms with Crippen molar-refractivity contribution in [3.63, 3.8) is 0 Å². The molecule has 3 heteroatoms. The maximum atomic E-state index is 9.44. The van der Waals surface area contributed by atoms with Crippen LogP contribution in [0.4, 0.5) is 0 Å². The van der Waals surface area contributed by atoms with Crippen LogP contribution in [0.2, 0.25) is 0 Å². The van der Waals surface area contributed by atoms with Gasteiger partial charge in [-0.25, -0.2) is 0 Å². The number of aromatic hydroxyl groups is 1. The van der Waals surface area contributed by atoms with Gasteiger partial charge in [-0.15, -0.1) is 0 Å².